The molecule has 0 N–H and O–H groups in total. The van der Waals surface area contributed by atoms with E-state index in [0.29, 0.717) is 11.1 Å². The zero-order valence-electron chi connectivity index (χ0n) is 19.3. The van der Waals surface area contributed by atoms with E-state index in [-0.39, 0.29) is 21.6 Å². The van der Waals surface area contributed by atoms with Crippen molar-refractivity contribution in [2.45, 2.75) is 25.3 Å². The number of imide groups is 1. The molecule has 2 heterocycles. The lowest BCUT2D eigenvalue weighted by molar-refractivity contribution is -0.0761. The minimum Gasteiger partial charge on any atom is -0.315 e. The summed E-state index contributed by atoms with van der Waals surface area (Å²) in [5, 5.41) is 1.31. The molecular weight excluding hydrogens is 509 g/mol. The molecule has 1 aliphatic heterocycles. The summed E-state index contributed by atoms with van der Waals surface area (Å²) < 4.78 is 67.5. The molecule has 0 saturated carbocycles. The van der Waals surface area contributed by atoms with E-state index in [4.69, 9.17) is 0 Å². The molecule has 7 nitrogen and oxygen atoms in total. The number of aromatic nitrogens is 1. The molecule has 190 valence electrons. The molecule has 0 unspecified atom stereocenters. The molecule has 0 aliphatic carbocycles. The van der Waals surface area contributed by atoms with Gasteiger partial charge in [0.25, 0.3) is 11.8 Å². The molecule has 0 atom stereocenters. The van der Waals surface area contributed by atoms with Crippen molar-refractivity contribution in [3.63, 3.8) is 0 Å². The van der Waals surface area contributed by atoms with Crippen molar-refractivity contribution in [3.8, 4) is 5.69 Å². The van der Waals surface area contributed by atoms with Crippen LogP contribution in [-0.4, -0.2) is 35.4 Å². The molecule has 0 radical (unpaired) electrons. The Balaban J connectivity index is 1.68. The molecule has 3 aromatic carbocycles. The summed E-state index contributed by atoms with van der Waals surface area (Å²) in [5.74, 6) is -2.62. The van der Waals surface area contributed by atoms with E-state index >= 15 is 0 Å². The van der Waals surface area contributed by atoms with Crippen molar-refractivity contribution < 1.29 is 35.5 Å². The number of unbranched alkanes of at least 4 members (excludes halogenated alkanes) is 1. The maximum atomic E-state index is 13.0. The van der Waals surface area contributed by atoms with Crippen molar-refractivity contribution in [1.29, 1.82) is 0 Å². The Labute approximate surface area is 209 Å². The number of hydroxylamine groups is 2. The van der Waals surface area contributed by atoms with Crippen molar-refractivity contribution >= 4 is 49.7 Å². The summed E-state index contributed by atoms with van der Waals surface area (Å²) in [6.07, 6.45) is 7.94. The van der Waals surface area contributed by atoms with Gasteiger partial charge >= 0.3 is 15.6 Å². The monoisotopic (exact) mass is 528 g/mol. The van der Waals surface area contributed by atoms with Crippen LogP contribution in [-0.2, 0) is 14.4 Å². The van der Waals surface area contributed by atoms with E-state index in [2.05, 4.69) is 17.3 Å². The number of halogens is 3. The van der Waals surface area contributed by atoms with Crippen molar-refractivity contribution in [1.82, 2.24) is 9.63 Å². The normalized spacial score (nSPS) is 14.4. The van der Waals surface area contributed by atoms with E-state index in [1.165, 1.54) is 18.2 Å². The van der Waals surface area contributed by atoms with Crippen LogP contribution in [0.3, 0.4) is 0 Å². The zero-order valence-corrected chi connectivity index (χ0v) is 20.1. The Morgan fingerprint density at radius 2 is 1.59 bits per heavy atom. The van der Waals surface area contributed by atoms with Gasteiger partial charge in [-0.15, -0.1) is 9.35 Å². The minimum absolute atomic E-state index is 0.161. The number of rotatable bonds is 6. The SMILES string of the molecule is CCC/C=C/c1cn(-c2ccc3c4c(cccc24)C(=O)N(OS(=O)(=O)C(F)(F)F)C3=O)c2ccccc12. The number of amides is 2. The van der Waals surface area contributed by atoms with E-state index in [1.807, 2.05) is 41.1 Å². The Bertz CT molecular complexity index is 1700. The first-order valence-electron chi connectivity index (χ1n) is 11.3. The van der Waals surface area contributed by atoms with Crippen LogP contribution >= 0.6 is 0 Å². The Morgan fingerprint density at radius 3 is 2.30 bits per heavy atom. The van der Waals surface area contributed by atoms with Crippen LogP contribution in [0.1, 0.15) is 46.0 Å². The van der Waals surface area contributed by atoms with Gasteiger partial charge in [-0.05, 0) is 30.7 Å². The molecule has 0 fully saturated rings. The fraction of sp³-hybridized carbons (Fsp3) is 0.154. The quantitative estimate of drug-likeness (QED) is 0.227. The summed E-state index contributed by atoms with van der Waals surface area (Å²) in [5.41, 5.74) is -3.67. The molecule has 1 aromatic heterocycles. The first-order valence-corrected chi connectivity index (χ1v) is 12.7. The van der Waals surface area contributed by atoms with Crippen LogP contribution < -0.4 is 0 Å². The lowest BCUT2D eigenvalue weighted by atomic mass is 9.94. The maximum absolute atomic E-state index is 13.0. The van der Waals surface area contributed by atoms with Gasteiger partial charge in [0.15, 0.2) is 0 Å². The molecule has 11 heteroatoms. The van der Waals surface area contributed by atoms with Gasteiger partial charge in [0.1, 0.15) is 0 Å². The van der Waals surface area contributed by atoms with Crippen LogP contribution in [0, 0.1) is 0 Å². The smallest absolute Gasteiger partial charge is 0.315 e. The van der Waals surface area contributed by atoms with Crippen molar-refractivity contribution in [2.75, 3.05) is 0 Å². The number of carbonyl (C=O) groups excluding carboxylic acids is 2. The topological polar surface area (TPSA) is 85.7 Å². The molecule has 4 aromatic rings. The van der Waals surface area contributed by atoms with Gasteiger partial charge in [-0.3, -0.25) is 9.59 Å². The Hall–Kier alpha value is -3.96. The van der Waals surface area contributed by atoms with Gasteiger partial charge in [-0.2, -0.15) is 21.6 Å². The van der Waals surface area contributed by atoms with E-state index in [1.54, 1.807) is 12.1 Å². The number of hydrogen-bond acceptors (Lipinski definition) is 5. The molecule has 2 amide bonds. The Kier molecular flexibility index (Phi) is 5.92. The second kappa shape index (κ2) is 8.86. The van der Waals surface area contributed by atoms with Crippen LogP contribution in [0.5, 0.6) is 0 Å². The number of fused-ring (bicyclic) bond motifs is 1. The predicted molar refractivity (Wildman–Crippen MR) is 131 cm³/mol. The van der Waals surface area contributed by atoms with Crippen molar-refractivity contribution in [2.24, 2.45) is 0 Å². The predicted octanol–water partition coefficient (Wildman–Crippen LogP) is 5.97. The standard InChI is InChI=1S/C26H19F3N2O5S/c1-2-3-4-8-16-15-30(21-12-6-5-9-17(16)21)22-14-13-20-23-18(22)10-7-11-19(23)24(32)31(25(20)33)36-37(34,35)26(27,28)29/h4-15H,2-3H2,1H3/b8-4+. The number of hydrogen-bond donors (Lipinski definition) is 0. The first-order chi connectivity index (χ1) is 17.5. The van der Waals surface area contributed by atoms with Gasteiger partial charge < -0.3 is 4.57 Å². The number of para-hydroxylation sites is 1. The van der Waals surface area contributed by atoms with E-state index in [0.717, 1.165) is 29.3 Å². The molecule has 5 rings (SSSR count). The Morgan fingerprint density at radius 1 is 0.919 bits per heavy atom. The van der Waals surface area contributed by atoms with Gasteiger partial charge in [0.2, 0.25) is 0 Å². The van der Waals surface area contributed by atoms with Crippen molar-refractivity contribution in [3.05, 3.63) is 83.6 Å². The number of alkyl halides is 3. The van der Waals surface area contributed by atoms with Crippen LogP contribution in [0.2, 0.25) is 0 Å². The molecule has 37 heavy (non-hydrogen) atoms. The molecule has 1 aliphatic rings. The number of carbonyl (C=O) groups is 2. The fourth-order valence-electron chi connectivity index (χ4n) is 4.39. The summed E-state index contributed by atoms with van der Waals surface area (Å²) in [4.78, 5) is 25.9. The van der Waals surface area contributed by atoms with Gasteiger partial charge in [-0.1, -0.05) is 55.8 Å². The number of benzene rings is 3. The highest BCUT2D eigenvalue weighted by Gasteiger charge is 2.51. The van der Waals surface area contributed by atoms with Crippen LogP contribution in [0.15, 0.2) is 66.9 Å². The van der Waals surface area contributed by atoms with Gasteiger partial charge in [0, 0.05) is 27.9 Å². The lowest BCUT2D eigenvalue weighted by Gasteiger charge is -2.26. The van der Waals surface area contributed by atoms with E-state index in [9.17, 15) is 31.2 Å². The third-order valence-electron chi connectivity index (χ3n) is 6.06. The van der Waals surface area contributed by atoms with Gasteiger partial charge in [-0.25, -0.2) is 0 Å². The zero-order chi connectivity index (χ0) is 26.5. The average molecular weight is 529 g/mol. The summed E-state index contributed by atoms with van der Waals surface area (Å²) in [6, 6.07) is 15.1. The maximum Gasteiger partial charge on any atom is 0.525 e. The molecule has 0 spiro atoms. The molecule has 0 saturated heterocycles. The average Bonchev–Trinajstić information content (AvgIpc) is 3.22. The highest BCUT2D eigenvalue weighted by molar-refractivity contribution is 7.87. The molecule has 0 bridgehead atoms. The minimum atomic E-state index is -6.24. The third kappa shape index (κ3) is 4.00. The van der Waals surface area contributed by atoms with Crippen LogP contribution in [0.4, 0.5) is 13.2 Å². The van der Waals surface area contributed by atoms with Crippen LogP contribution in [0.25, 0.3) is 33.4 Å². The summed E-state index contributed by atoms with van der Waals surface area (Å²) in [6.45, 7) is 2.08. The fourth-order valence-corrected chi connectivity index (χ4v) is 4.81. The highest BCUT2D eigenvalue weighted by Crippen LogP contribution is 2.37. The second-order valence-corrected chi connectivity index (χ2v) is 9.92. The number of nitrogens with zero attached hydrogens (tertiary/aromatic N) is 2. The van der Waals surface area contributed by atoms with Gasteiger partial charge in [0.05, 0.1) is 22.3 Å². The first kappa shape index (κ1) is 24.7. The number of allylic oxidation sites excluding steroid dienone is 1. The summed E-state index contributed by atoms with van der Waals surface area (Å²) in [7, 11) is -6.24. The summed E-state index contributed by atoms with van der Waals surface area (Å²) >= 11 is 0. The van der Waals surface area contributed by atoms with E-state index < -0.39 is 27.4 Å². The highest BCUT2D eigenvalue weighted by atomic mass is 32.2. The lowest BCUT2D eigenvalue weighted by Crippen LogP contribution is -2.44. The largest absolute Gasteiger partial charge is 0.525 e. The third-order valence-corrected chi connectivity index (χ3v) is 6.97. The molecular formula is C26H19F3N2O5S. The second-order valence-electron chi connectivity index (χ2n) is 8.40.